The van der Waals surface area contributed by atoms with Crippen molar-refractivity contribution < 1.29 is 9.47 Å². The molecule has 0 unspecified atom stereocenters. The fourth-order valence-corrected chi connectivity index (χ4v) is 3.76. The summed E-state index contributed by atoms with van der Waals surface area (Å²) in [7, 11) is 0. The summed E-state index contributed by atoms with van der Waals surface area (Å²) in [5, 5.41) is 8.16. The van der Waals surface area contributed by atoms with Gasteiger partial charge in [-0.2, -0.15) is 10.1 Å². The lowest BCUT2D eigenvalue weighted by Crippen LogP contribution is -2.27. The van der Waals surface area contributed by atoms with Crippen LogP contribution in [0.15, 0.2) is 79.3 Å². The SMILES string of the molecule is C1=C(CN(Cc2ccccc2)c2ncc3ncn(-c4ccc5cn[nH]c5c4)c3n2)OCO1. The monoisotopic (exact) mass is 425 g/mol. The van der Waals surface area contributed by atoms with E-state index in [-0.39, 0.29) is 6.79 Å². The highest BCUT2D eigenvalue weighted by Crippen LogP contribution is 2.23. The first-order valence-corrected chi connectivity index (χ1v) is 10.2. The Morgan fingerprint density at radius 2 is 1.97 bits per heavy atom. The third kappa shape index (κ3) is 3.39. The van der Waals surface area contributed by atoms with Crippen molar-refractivity contribution in [3.63, 3.8) is 0 Å². The fraction of sp³-hybridized carbons (Fsp3) is 0.130. The highest BCUT2D eigenvalue weighted by atomic mass is 16.7. The molecule has 0 bridgehead atoms. The van der Waals surface area contributed by atoms with Crippen LogP contribution in [0, 0.1) is 0 Å². The number of rotatable bonds is 6. The minimum absolute atomic E-state index is 0.233. The molecule has 158 valence electrons. The Bertz CT molecular complexity index is 1420. The number of imidazole rings is 1. The molecule has 0 spiro atoms. The summed E-state index contributed by atoms with van der Waals surface area (Å²) in [6.07, 6.45) is 6.96. The van der Waals surface area contributed by atoms with Crippen LogP contribution in [0.1, 0.15) is 5.56 Å². The molecule has 1 aliphatic rings. The predicted molar refractivity (Wildman–Crippen MR) is 119 cm³/mol. The Labute approximate surface area is 183 Å². The Morgan fingerprint density at radius 1 is 1.03 bits per heavy atom. The van der Waals surface area contributed by atoms with Gasteiger partial charge in [-0.05, 0) is 23.8 Å². The Hall–Kier alpha value is -4.40. The van der Waals surface area contributed by atoms with E-state index in [0.717, 1.165) is 39.1 Å². The van der Waals surface area contributed by atoms with Crippen LogP contribution in [0.25, 0.3) is 27.8 Å². The standard InChI is InChI=1S/C23H19N7O2/c1-2-4-16(5-3-1)11-29(12-19-13-31-15-32-19)23-24-10-21-22(27-23)30(14-25-21)18-7-6-17-9-26-28-20(17)8-18/h1-10,13-14H,11-12,15H2,(H,26,28). The van der Waals surface area contributed by atoms with Gasteiger partial charge < -0.3 is 14.4 Å². The van der Waals surface area contributed by atoms with Gasteiger partial charge in [-0.1, -0.05) is 30.3 Å². The molecule has 4 heterocycles. The zero-order valence-corrected chi connectivity index (χ0v) is 17.0. The van der Waals surface area contributed by atoms with Gasteiger partial charge in [-0.3, -0.25) is 9.67 Å². The first kappa shape index (κ1) is 18.4. The fourth-order valence-electron chi connectivity index (χ4n) is 3.76. The van der Waals surface area contributed by atoms with Gasteiger partial charge in [0.2, 0.25) is 12.7 Å². The van der Waals surface area contributed by atoms with Crippen LogP contribution >= 0.6 is 0 Å². The molecular weight excluding hydrogens is 406 g/mol. The highest BCUT2D eigenvalue weighted by Gasteiger charge is 2.18. The summed E-state index contributed by atoms with van der Waals surface area (Å²) in [6, 6.07) is 16.3. The number of benzene rings is 2. The van der Waals surface area contributed by atoms with Gasteiger partial charge in [0.1, 0.15) is 18.1 Å². The summed E-state index contributed by atoms with van der Waals surface area (Å²) < 4.78 is 12.7. The second-order valence-corrected chi connectivity index (χ2v) is 7.49. The minimum Gasteiger partial charge on any atom is -0.462 e. The lowest BCUT2D eigenvalue weighted by atomic mass is 10.2. The number of aromatic amines is 1. The van der Waals surface area contributed by atoms with E-state index >= 15 is 0 Å². The second kappa shape index (κ2) is 7.69. The Kier molecular flexibility index (Phi) is 4.42. The van der Waals surface area contributed by atoms with E-state index in [4.69, 9.17) is 14.5 Å². The number of hydrogen-bond donors (Lipinski definition) is 1. The van der Waals surface area contributed by atoms with Gasteiger partial charge in [0.25, 0.3) is 0 Å². The maximum Gasteiger partial charge on any atom is 0.229 e. The molecule has 1 aliphatic heterocycles. The highest BCUT2D eigenvalue weighted by molar-refractivity contribution is 5.81. The molecule has 5 aromatic rings. The average molecular weight is 425 g/mol. The molecule has 0 saturated heterocycles. The van der Waals surface area contributed by atoms with Crippen molar-refractivity contribution in [1.82, 2.24) is 29.7 Å². The summed E-state index contributed by atoms with van der Waals surface area (Å²) in [5.74, 6) is 1.32. The number of nitrogens with zero attached hydrogens (tertiary/aromatic N) is 6. The Morgan fingerprint density at radius 3 is 2.84 bits per heavy atom. The molecule has 9 nitrogen and oxygen atoms in total. The third-order valence-electron chi connectivity index (χ3n) is 5.35. The molecule has 3 aromatic heterocycles. The summed E-state index contributed by atoms with van der Waals surface area (Å²) >= 11 is 0. The van der Waals surface area contributed by atoms with Crippen LogP contribution in [-0.4, -0.2) is 43.1 Å². The number of H-pyrrole nitrogens is 1. The van der Waals surface area contributed by atoms with Gasteiger partial charge in [0.15, 0.2) is 11.4 Å². The number of fused-ring (bicyclic) bond motifs is 2. The zero-order valence-electron chi connectivity index (χ0n) is 17.0. The molecule has 0 fully saturated rings. The second-order valence-electron chi connectivity index (χ2n) is 7.49. The van der Waals surface area contributed by atoms with E-state index in [1.165, 1.54) is 0 Å². The number of ether oxygens (including phenoxy) is 2. The van der Waals surface area contributed by atoms with Crippen molar-refractivity contribution in [1.29, 1.82) is 0 Å². The maximum atomic E-state index is 5.56. The number of hydrogen-bond acceptors (Lipinski definition) is 7. The first-order chi connectivity index (χ1) is 15.8. The van der Waals surface area contributed by atoms with Crippen LogP contribution in [0.2, 0.25) is 0 Å². The van der Waals surface area contributed by atoms with Gasteiger partial charge >= 0.3 is 0 Å². The van der Waals surface area contributed by atoms with Crippen molar-refractivity contribution >= 4 is 28.0 Å². The molecule has 1 N–H and O–H groups in total. The van der Waals surface area contributed by atoms with Crippen molar-refractivity contribution in [2.45, 2.75) is 6.54 Å². The predicted octanol–water partition coefficient (Wildman–Crippen LogP) is 3.54. The van der Waals surface area contributed by atoms with Crippen molar-refractivity contribution in [3.8, 4) is 5.69 Å². The average Bonchev–Trinajstić information content (AvgIpc) is 3.59. The van der Waals surface area contributed by atoms with Gasteiger partial charge in [-0.15, -0.1) is 0 Å². The molecular formula is C23H19N7O2. The van der Waals surface area contributed by atoms with Crippen molar-refractivity contribution in [2.75, 3.05) is 18.2 Å². The molecule has 32 heavy (non-hydrogen) atoms. The molecule has 6 rings (SSSR count). The van der Waals surface area contributed by atoms with E-state index in [1.807, 2.05) is 41.0 Å². The molecule has 0 radical (unpaired) electrons. The summed E-state index contributed by atoms with van der Waals surface area (Å²) in [5.41, 5.74) is 4.49. The molecule has 0 saturated carbocycles. The lowest BCUT2D eigenvalue weighted by Gasteiger charge is -2.22. The molecule has 0 amide bonds. The maximum absolute atomic E-state index is 5.56. The number of nitrogens with one attached hydrogen (secondary N) is 1. The third-order valence-corrected chi connectivity index (χ3v) is 5.35. The lowest BCUT2D eigenvalue weighted by molar-refractivity contribution is 0.0797. The van der Waals surface area contributed by atoms with E-state index in [0.29, 0.717) is 19.0 Å². The van der Waals surface area contributed by atoms with Crippen molar-refractivity contribution in [3.05, 3.63) is 84.8 Å². The summed E-state index contributed by atoms with van der Waals surface area (Å²) in [6.45, 7) is 1.35. The van der Waals surface area contributed by atoms with E-state index in [9.17, 15) is 0 Å². The van der Waals surface area contributed by atoms with Crippen LogP contribution in [-0.2, 0) is 16.0 Å². The first-order valence-electron chi connectivity index (χ1n) is 10.2. The molecule has 0 atom stereocenters. The number of anilines is 1. The number of aromatic nitrogens is 6. The van der Waals surface area contributed by atoms with Crippen molar-refractivity contribution in [2.24, 2.45) is 0 Å². The van der Waals surface area contributed by atoms with Gasteiger partial charge in [-0.25, -0.2) is 9.97 Å². The van der Waals surface area contributed by atoms with Gasteiger partial charge in [0, 0.05) is 11.9 Å². The van der Waals surface area contributed by atoms with Crippen LogP contribution in [0.3, 0.4) is 0 Å². The van der Waals surface area contributed by atoms with E-state index in [2.05, 4.69) is 37.2 Å². The van der Waals surface area contributed by atoms with Crippen LogP contribution in [0.5, 0.6) is 0 Å². The molecule has 9 heteroatoms. The van der Waals surface area contributed by atoms with Crippen LogP contribution < -0.4 is 4.90 Å². The van der Waals surface area contributed by atoms with Gasteiger partial charge in [0.05, 0.1) is 30.1 Å². The van der Waals surface area contributed by atoms with E-state index in [1.54, 1.807) is 25.0 Å². The topological polar surface area (TPSA) is 94.0 Å². The smallest absolute Gasteiger partial charge is 0.229 e. The summed E-state index contributed by atoms with van der Waals surface area (Å²) in [4.78, 5) is 16.0. The zero-order chi connectivity index (χ0) is 21.3. The molecule has 0 aliphatic carbocycles. The normalized spacial score (nSPS) is 13.2. The largest absolute Gasteiger partial charge is 0.462 e. The van der Waals surface area contributed by atoms with Crippen LogP contribution in [0.4, 0.5) is 5.95 Å². The minimum atomic E-state index is 0.233. The van der Waals surface area contributed by atoms with E-state index < -0.39 is 0 Å². The molecule has 2 aromatic carbocycles. The quantitative estimate of drug-likeness (QED) is 0.445. The Balaban J connectivity index is 1.40.